The van der Waals surface area contributed by atoms with E-state index in [1.165, 1.54) is 0 Å². The van der Waals surface area contributed by atoms with Crippen molar-refractivity contribution in [3.05, 3.63) is 59.4 Å². The number of hydrogen-bond acceptors (Lipinski definition) is 2. The van der Waals surface area contributed by atoms with Crippen molar-refractivity contribution in [2.24, 2.45) is 5.92 Å². The molecule has 3 rings (SSSR count). The zero-order valence-corrected chi connectivity index (χ0v) is 13.9. The zero-order valence-electron chi connectivity index (χ0n) is 13.9. The van der Waals surface area contributed by atoms with Crippen molar-refractivity contribution in [3.63, 3.8) is 0 Å². The molecule has 1 N–H and O–H groups in total. The van der Waals surface area contributed by atoms with Crippen LogP contribution in [-0.4, -0.2) is 19.0 Å². The van der Waals surface area contributed by atoms with Crippen LogP contribution >= 0.6 is 0 Å². The topological polar surface area (TPSA) is 32.3 Å². The lowest BCUT2D eigenvalue weighted by Crippen LogP contribution is -2.32. The molecule has 1 heterocycles. The lowest BCUT2D eigenvalue weighted by molar-refractivity contribution is 0.102. The number of amides is 1. The van der Waals surface area contributed by atoms with Crippen molar-refractivity contribution in [1.29, 1.82) is 0 Å². The summed E-state index contributed by atoms with van der Waals surface area (Å²) in [4.78, 5) is 14.3. The first-order chi connectivity index (χ1) is 12.0. The van der Waals surface area contributed by atoms with Gasteiger partial charge in [0, 0.05) is 24.5 Å². The van der Waals surface area contributed by atoms with E-state index in [0.717, 1.165) is 49.7 Å². The average molecular weight is 348 g/mol. The van der Waals surface area contributed by atoms with Crippen molar-refractivity contribution >= 4 is 17.3 Å². The number of nitrogens with zero attached hydrogens (tertiary/aromatic N) is 1. The van der Waals surface area contributed by atoms with Crippen LogP contribution in [0.4, 0.5) is 24.5 Å². The number of benzene rings is 2. The molecule has 0 aromatic heterocycles. The van der Waals surface area contributed by atoms with Gasteiger partial charge in [-0.2, -0.15) is 0 Å². The summed E-state index contributed by atoms with van der Waals surface area (Å²) >= 11 is 0. The third kappa shape index (κ3) is 3.78. The van der Waals surface area contributed by atoms with E-state index < -0.39 is 28.9 Å². The van der Waals surface area contributed by atoms with Crippen molar-refractivity contribution in [1.82, 2.24) is 0 Å². The third-order valence-corrected chi connectivity index (χ3v) is 4.55. The molecular weight excluding hydrogens is 329 g/mol. The molecular formula is C19H19F3N2O. The summed E-state index contributed by atoms with van der Waals surface area (Å²) in [5, 5.41) is 2.50. The van der Waals surface area contributed by atoms with Gasteiger partial charge in [0.25, 0.3) is 5.91 Å². The van der Waals surface area contributed by atoms with Crippen molar-refractivity contribution in [2.75, 3.05) is 23.3 Å². The summed E-state index contributed by atoms with van der Waals surface area (Å²) < 4.78 is 39.9. The molecule has 0 radical (unpaired) electrons. The first kappa shape index (κ1) is 17.3. The molecule has 2 aromatic rings. The quantitative estimate of drug-likeness (QED) is 0.823. The molecule has 2 aromatic carbocycles. The van der Waals surface area contributed by atoms with Gasteiger partial charge in [0.1, 0.15) is 0 Å². The monoisotopic (exact) mass is 348 g/mol. The Labute approximate surface area is 144 Å². The predicted molar refractivity (Wildman–Crippen MR) is 91.3 cm³/mol. The van der Waals surface area contributed by atoms with Crippen LogP contribution in [0, 0.1) is 23.4 Å². The van der Waals surface area contributed by atoms with Crippen LogP contribution in [0.15, 0.2) is 36.4 Å². The molecule has 6 heteroatoms. The van der Waals surface area contributed by atoms with Gasteiger partial charge < -0.3 is 10.2 Å². The highest BCUT2D eigenvalue weighted by atomic mass is 19.2. The van der Waals surface area contributed by atoms with Gasteiger partial charge in [-0.3, -0.25) is 4.79 Å². The molecule has 25 heavy (non-hydrogen) atoms. The van der Waals surface area contributed by atoms with Gasteiger partial charge >= 0.3 is 0 Å². The Bertz CT molecular complexity index is 769. The van der Waals surface area contributed by atoms with Crippen LogP contribution in [-0.2, 0) is 0 Å². The molecule has 0 spiro atoms. The van der Waals surface area contributed by atoms with Crippen molar-refractivity contribution in [3.8, 4) is 0 Å². The Balaban J connectivity index is 1.69. The smallest absolute Gasteiger partial charge is 0.258 e. The molecule has 1 aliphatic rings. The van der Waals surface area contributed by atoms with Crippen LogP contribution in [0.5, 0.6) is 0 Å². The van der Waals surface area contributed by atoms with E-state index in [4.69, 9.17) is 0 Å². The van der Waals surface area contributed by atoms with Gasteiger partial charge in [0.05, 0.1) is 5.56 Å². The van der Waals surface area contributed by atoms with Crippen LogP contribution in [0.1, 0.15) is 30.1 Å². The molecule has 0 unspecified atom stereocenters. The fourth-order valence-corrected chi connectivity index (χ4v) is 2.92. The van der Waals surface area contributed by atoms with Crippen molar-refractivity contribution in [2.45, 2.75) is 19.8 Å². The summed E-state index contributed by atoms with van der Waals surface area (Å²) in [5.41, 5.74) is 0.986. The first-order valence-electron chi connectivity index (χ1n) is 8.25. The fraction of sp³-hybridized carbons (Fsp3) is 0.316. The van der Waals surface area contributed by atoms with Gasteiger partial charge in [-0.15, -0.1) is 0 Å². The average Bonchev–Trinajstić information content (AvgIpc) is 2.61. The molecule has 0 atom stereocenters. The molecule has 132 valence electrons. The van der Waals surface area contributed by atoms with Crippen molar-refractivity contribution < 1.29 is 18.0 Å². The normalized spacial score (nSPS) is 15.3. The molecule has 1 fully saturated rings. The van der Waals surface area contributed by atoms with Gasteiger partial charge in [0.15, 0.2) is 17.5 Å². The highest BCUT2D eigenvalue weighted by molar-refractivity contribution is 6.04. The lowest BCUT2D eigenvalue weighted by Gasteiger charge is -2.32. The van der Waals surface area contributed by atoms with E-state index in [2.05, 4.69) is 17.1 Å². The Morgan fingerprint density at radius 3 is 2.28 bits per heavy atom. The third-order valence-electron chi connectivity index (χ3n) is 4.55. The van der Waals surface area contributed by atoms with E-state index in [1.54, 1.807) is 12.1 Å². The molecule has 1 aliphatic heterocycles. The summed E-state index contributed by atoms with van der Waals surface area (Å²) in [5.74, 6) is -4.55. The van der Waals surface area contributed by atoms with E-state index >= 15 is 0 Å². The maximum atomic E-state index is 13.7. The Morgan fingerprint density at radius 2 is 1.64 bits per heavy atom. The summed E-state index contributed by atoms with van der Waals surface area (Å²) in [6.07, 6.45) is 2.29. The minimum absolute atomic E-state index is 0.461. The summed E-state index contributed by atoms with van der Waals surface area (Å²) in [6, 6.07) is 8.84. The number of halogens is 3. The standard InChI is InChI=1S/C19H19F3N2O/c1-12-8-10-24(11-9-12)14-4-2-13(3-5-14)23-19(25)15-6-7-16(20)18(22)17(15)21/h2-7,12H,8-11H2,1H3,(H,23,25). The molecule has 0 saturated carbocycles. The first-order valence-corrected chi connectivity index (χ1v) is 8.25. The second-order valence-electron chi connectivity index (χ2n) is 6.39. The molecule has 3 nitrogen and oxygen atoms in total. The summed E-state index contributed by atoms with van der Waals surface area (Å²) in [6.45, 7) is 4.23. The largest absolute Gasteiger partial charge is 0.372 e. The van der Waals surface area contributed by atoms with Gasteiger partial charge in [0.2, 0.25) is 0 Å². The number of carbonyl (C=O) groups is 1. The highest BCUT2D eigenvalue weighted by Crippen LogP contribution is 2.24. The SMILES string of the molecule is CC1CCN(c2ccc(NC(=O)c3ccc(F)c(F)c3F)cc2)CC1. The van der Waals surface area contributed by atoms with Gasteiger partial charge in [-0.25, -0.2) is 13.2 Å². The number of piperidine rings is 1. The van der Waals surface area contributed by atoms with Gasteiger partial charge in [-0.1, -0.05) is 6.92 Å². The highest BCUT2D eigenvalue weighted by Gasteiger charge is 2.19. The maximum Gasteiger partial charge on any atom is 0.258 e. The molecule has 1 saturated heterocycles. The second-order valence-corrected chi connectivity index (χ2v) is 6.39. The van der Waals surface area contributed by atoms with Crippen LogP contribution in [0.25, 0.3) is 0 Å². The molecule has 0 bridgehead atoms. The van der Waals surface area contributed by atoms with Crippen LogP contribution < -0.4 is 10.2 Å². The number of nitrogens with one attached hydrogen (secondary N) is 1. The molecule has 1 amide bonds. The lowest BCUT2D eigenvalue weighted by atomic mass is 9.99. The minimum atomic E-state index is -1.65. The minimum Gasteiger partial charge on any atom is -0.372 e. The maximum absolute atomic E-state index is 13.7. The van der Waals surface area contributed by atoms with E-state index in [1.807, 2.05) is 12.1 Å². The number of carbonyl (C=O) groups excluding carboxylic acids is 1. The predicted octanol–water partition coefficient (Wildman–Crippen LogP) is 4.59. The van der Waals surface area contributed by atoms with Crippen LogP contribution in [0.2, 0.25) is 0 Å². The van der Waals surface area contributed by atoms with E-state index in [-0.39, 0.29) is 0 Å². The number of hydrogen-bond donors (Lipinski definition) is 1. The van der Waals surface area contributed by atoms with E-state index in [9.17, 15) is 18.0 Å². The van der Waals surface area contributed by atoms with E-state index in [0.29, 0.717) is 5.69 Å². The summed E-state index contributed by atoms with van der Waals surface area (Å²) in [7, 11) is 0. The molecule has 0 aliphatic carbocycles. The van der Waals surface area contributed by atoms with Gasteiger partial charge in [-0.05, 0) is 55.2 Å². The second kappa shape index (κ2) is 7.17. The Kier molecular flexibility index (Phi) is 4.97. The Morgan fingerprint density at radius 1 is 1.00 bits per heavy atom. The van der Waals surface area contributed by atoms with Crippen LogP contribution in [0.3, 0.4) is 0 Å². The zero-order chi connectivity index (χ0) is 18.0. The fourth-order valence-electron chi connectivity index (χ4n) is 2.92. The number of rotatable bonds is 3. The Hall–Kier alpha value is -2.50. The number of anilines is 2.